The number of nitrogens with two attached hydrogens (primary N) is 2. The van der Waals surface area contributed by atoms with E-state index in [9.17, 15) is 0 Å². The van der Waals surface area contributed by atoms with Crippen LogP contribution < -0.4 is 11.5 Å². The summed E-state index contributed by atoms with van der Waals surface area (Å²) in [5, 5.41) is 0. The molecule has 0 aliphatic heterocycles. The number of hydrogen-bond acceptors (Lipinski definition) is 2. The first-order valence-corrected chi connectivity index (χ1v) is 5.59. The predicted octanol–water partition coefficient (Wildman–Crippen LogP) is 2.51. The Hall–Kier alpha value is -0.0800. The summed E-state index contributed by atoms with van der Waals surface area (Å²) < 4.78 is 0. The van der Waals surface area contributed by atoms with Gasteiger partial charge in [-0.05, 0) is 25.2 Å². The van der Waals surface area contributed by atoms with Gasteiger partial charge in [0.25, 0.3) is 0 Å². The Balaban J connectivity index is 0. The molecule has 0 aromatic heterocycles. The molecule has 13 heavy (non-hydrogen) atoms. The van der Waals surface area contributed by atoms with Crippen molar-refractivity contribution in [3.05, 3.63) is 0 Å². The van der Waals surface area contributed by atoms with Crippen LogP contribution in [0.2, 0.25) is 0 Å². The fraction of sp³-hybridized carbons (Fsp3) is 1.00. The lowest BCUT2D eigenvalue weighted by Crippen LogP contribution is -2.29. The van der Waals surface area contributed by atoms with Gasteiger partial charge in [0.15, 0.2) is 0 Å². The smallest absolute Gasteiger partial charge is 0.00624 e. The van der Waals surface area contributed by atoms with Crippen LogP contribution in [0.4, 0.5) is 0 Å². The van der Waals surface area contributed by atoms with Crippen LogP contribution in [0, 0.1) is 5.92 Å². The summed E-state index contributed by atoms with van der Waals surface area (Å²) in [5.74, 6) is 0.582. The van der Waals surface area contributed by atoms with Gasteiger partial charge in [-0.15, -0.1) is 0 Å². The predicted molar refractivity (Wildman–Crippen MR) is 61.7 cm³/mol. The molecule has 2 unspecified atom stereocenters. The molecule has 2 atom stereocenters. The van der Waals surface area contributed by atoms with Crippen molar-refractivity contribution in [1.82, 2.24) is 0 Å². The molecule has 0 spiro atoms. The molecule has 4 N–H and O–H groups in total. The van der Waals surface area contributed by atoms with Crippen molar-refractivity contribution in [3.63, 3.8) is 0 Å². The van der Waals surface area contributed by atoms with Gasteiger partial charge in [-0.2, -0.15) is 0 Å². The molecule has 82 valence electrons. The maximum Gasteiger partial charge on any atom is 0.00624 e. The van der Waals surface area contributed by atoms with E-state index in [1.54, 1.807) is 0 Å². The average Bonchev–Trinajstić information content (AvgIpc) is 2.16. The molecule has 2 nitrogen and oxygen atoms in total. The van der Waals surface area contributed by atoms with Gasteiger partial charge in [-0.3, -0.25) is 0 Å². The van der Waals surface area contributed by atoms with Crippen LogP contribution in [-0.2, 0) is 0 Å². The van der Waals surface area contributed by atoms with Crippen molar-refractivity contribution in [1.29, 1.82) is 0 Å². The van der Waals surface area contributed by atoms with Crippen molar-refractivity contribution >= 4 is 0 Å². The second kappa shape index (κ2) is 10.0. The summed E-state index contributed by atoms with van der Waals surface area (Å²) in [5.41, 5.74) is 11.6. The van der Waals surface area contributed by atoms with E-state index in [0.29, 0.717) is 18.0 Å². The molecule has 0 saturated heterocycles. The molecule has 0 saturated carbocycles. The molecular formula is C11H28N2. The van der Waals surface area contributed by atoms with Crippen LogP contribution in [0.1, 0.15) is 53.9 Å². The molecule has 0 heterocycles. The van der Waals surface area contributed by atoms with E-state index in [1.807, 2.05) is 13.8 Å². The topological polar surface area (TPSA) is 52.0 Å². The van der Waals surface area contributed by atoms with Gasteiger partial charge in [0, 0.05) is 12.1 Å². The molecule has 0 aromatic rings. The van der Waals surface area contributed by atoms with Crippen LogP contribution in [0.15, 0.2) is 0 Å². The summed E-state index contributed by atoms with van der Waals surface area (Å²) in [6.07, 6.45) is 3.19. The third kappa shape index (κ3) is 9.84. The third-order valence-electron chi connectivity index (χ3n) is 2.25. The SMILES string of the molecule is CC.CCC(N)CCC(N)C(C)C. The Bertz CT molecular complexity index is 92.1. The quantitative estimate of drug-likeness (QED) is 0.696. The van der Waals surface area contributed by atoms with E-state index in [1.165, 1.54) is 0 Å². The first kappa shape index (κ1) is 15.4. The van der Waals surface area contributed by atoms with E-state index in [4.69, 9.17) is 11.5 Å². The van der Waals surface area contributed by atoms with E-state index >= 15 is 0 Å². The van der Waals surface area contributed by atoms with Crippen molar-refractivity contribution in [2.75, 3.05) is 0 Å². The minimum atomic E-state index is 0.326. The molecule has 0 radical (unpaired) electrons. The van der Waals surface area contributed by atoms with Crippen molar-refractivity contribution in [2.45, 2.75) is 66.0 Å². The molecule has 0 aliphatic rings. The molecule has 0 rings (SSSR count). The zero-order valence-electron chi connectivity index (χ0n) is 10.0. The van der Waals surface area contributed by atoms with Gasteiger partial charge in [-0.25, -0.2) is 0 Å². The lowest BCUT2D eigenvalue weighted by atomic mass is 9.97. The molecule has 0 aliphatic carbocycles. The molecule has 0 amide bonds. The molecule has 0 bridgehead atoms. The Kier molecular flexibility index (Phi) is 11.8. The first-order valence-electron chi connectivity index (χ1n) is 5.59. The van der Waals surface area contributed by atoms with E-state index in [-0.39, 0.29) is 0 Å². The second-order valence-electron chi connectivity index (χ2n) is 3.65. The normalized spacial score (nSPS) is 14.8. The van der Waals surface area contributed by atoms with Gasteiger partial charge in [0.05, 0.1) is 0 Å². The van der Waals surface area contributed by atoms with Crippen molar-refractivity contribution < 1.29 is 0 Å². The highest BCUT2D eigenvalue weighted by atomic mass is 14.7. The highest BCUT2D eigenvalue weighted by Gasteiger charge is 2.08. The van der Waals surface area contributed by atoms with Crippen LogP contribution in [-0.4, -0.2) is 12.1 Å². The summed E-state index contributed by atoms with van der Waals surface area (Å²) in [7, 11) is 0. The molecule has 2 heteroatoms. The minimum absolute atomic E-state index is 0.326. The Morgan fingerprint density at radius 1 is 1.00 bits per heavy atom. The van der Waals surface area contributed by atoms with E-state index in [2.05, 4.69) is 20.8 Å². The zero-order chi connectivity index (χ0) is 10.9. The number of hydrogen-bond donors (Lipinski definition) is 2. The van der Waals surface area contributed by atoms with Gasteiger partial charge in [0.2, 0.25) is 0 Å². The molecule has 0 aromatic carbocycles. The maximum absolute atomic E-state index is 5.86. The first-order chi connectivity index (χ1) is 6.07. The summed E-state index contributed by atoms with van der Waals surface area (Å²) >= 11 is 0. The van der Waals surface area contributed by atoms with E-state index < -0.39 is 0 Å². The van der Waals surface area contributed by atoms with Gasteiger partial charge in [-0.1, -0.05) is 34.6 Å². The number of rotatable bonds is 5. The second-order valence-corrected chi connectivity index (χ2v) is 3.65. The van der Waals surface area contributed by atoms with Gasteiger partial charge >= 0.3 is 0 Å². The van der Waals surface area contributed by atoms with Crippen LogP contribution in [0.5, 0.6) is 0 Å². The zero-order valence-corrected chi connectivity index (χ0v) is 10.0. The lowest BCUT2D eigenvalue weighted by molar-refractivity contribution is 0.426. The Labute approximate surface area is 84.1 Å². The molecule has 0 fully saturated rings. The highest BCUT2D eigenvalue weighted by Crippen LogP contribution is 2.07. The fourth-order valence-corrected chi connectivity index (χ4v) is 0.944. The minimum Gasteiger partial charge on any atom is -0.328 e. The van der Waals surface area contributed by atoms with Crippen molar-refractivity contribution in [3.8, 4) is 0 Å². The summed E-state index contributed by atoms with van der Waals surface area (Å²) in [6, 6.07) is 0.674. The lowest BCUT2D eigenvalue weighted by Gasteiger charge is -2.17. The average molecular weight is 188 g/mol. The van der Waals surface area contributed by atoms with Crippen molar-refractivity contribution in [2.24, 2.45) is 17.4 Å². The van der Waals surface area contributed by atoms with Crippen LogP contribution in [0.25, 0.3) is 0 Å². The Morgan fingerprint density at radius 2 is 1.46 bits per heavy atom. The summed E-state index contributed by atoms with van der Waals surface area (Å²) in [6.45, 7) is 10.4. The highest BCUT2D eigenvalue weighted by molar-refractivity contribution is 4.68. The van der Waals surface area contributed by atoms with Gasteiger partial charge in [0.1, 0.15) is 0 Å². The third-order valence-corrected chi connectivity index (χ3v) is 2.25. The summed E-state index contributed by atoms with van der Waals surface area (Å²) in [4.78, 5) is 0. The Morgan fingerprint density at radius 3 is 1.77 bits per heavy atom. The largest absolute Gasteiger partial charge is 0.328 e. The fourth-order valence-electron chi connectivity index (χ4n) is 0.944. The van der Waals surface area contributed by atoms with Gasteiger partial charge < -0.3 is 11.5 Å². The standard InChI is InChI=1S/C9H22N2.C2H6/c1-4-8(10)5-6-9(11)7(2)3;1-2/h7-9H,4-6,10-11H2,1-3H3;1-2H3. The van der Waals surface area contributed by atoms with E-state index in [0.717, 1.165) is 19.3 Å². The van der Waals surface area contributed by atoms with Crippen LogP contribution >= 0.6 is 0 Å². The van der Waals surface area contributed by atoms with Crippen LogP contribution in [0.3, 0.4) is 0 Å². The molecular weight excluding hydrogens is 160 g/mol. The maximum atomic E-state index is 5.86. The monoisotopic (exact) mass is 188 g/mol.